The molecule has 3 aromatic heterocycles. The summed E-state index contributed by atoms with van der Waals surface area (Å²) in [5.74, 6) is -0.870. The van der Waals surface area contributed by atoms with Crippen molar-refractivity contribution >= 4 is 40.0 Å². The van der Waals surface area contributed by atoms with E-state index >= 15 is 4.39 Å². The number of amides is 1. The Labute approximate surface area is 265 Å². The van der Waals surface area contributed by atoms with Gasteiger partial charge < -0.3 is 19.8 Å². The SMILES string of the molecule is C=CC(=O)N1CC(C)N2c3nc(=O)n(-c4c(C)ccnc4C(C)C)c4nc(-c5c(O)cccc5Cl)c(F)c(c34)N(C)CCC2C1. The molecule has 10 nitrogen and oxygen atoms in total. The van der Waals surface area contributed by atoms with Gasteiger partial charge in [0, 0.05) is 38.9 Å². The number of hydrogen-bond acceptors (Lipinski definition) is 8. The molecular weight excluding hydrogens is 597 g/mol. The van der Waals surface area contributed by atoms with Crippen molar-refractivity contribution in [3.05, 3.63) is 75.7 Å². The van der Waals surface area contributed by atoms with E-state index in [-0.39, 0.29) is 57.3 Å². The molecule has 1 fully saturated rings. The first-order chi connectivity index (χ1) is 21.4. The number of pyridine rings is 2. The second-order valence-corrected chi connectivity index (χ2v) is 12.5. The Hall–Kier alpha value is -4.51. The third kappa shape index (κ3) is 4.89. The second-order valence-electron chi connectivity index (χ2n) is 12.1. The summed E-state index contributed by atoms with van der Waals surface area (Å²) in [6.07, 6.45) is 3.55. The molecule has 2 aliphatic heterocycles. The maximum atomic E-state index is 17.0. The molecule has 0 aliphatic carbocycles. The van der Waals surface area contributed by atoms with Crippen molar-refractivity contribution in [1.82, 2.24) is 24.4 Å². The van der Waals surface area contributed by atoms with Crippen LogP contribution in [0.5, 0.6) is 5.75 Å². The van der Waals surface area contributed by atoms with Gasteiger partial charge in [0.2, 0.25) is 5.91 Å². The molecule has 6 rings (SSSR count). The topological polar surface area (TPSA) is 108 Å². The van der Waals surface area contributed by atoms with Crippen molar-refractivity contribution in [2.45, 2.75) is 52.1 Å². The molecule has 1 N–H and O–H groups in total. The molecule has 4 aromatic rings. The summed E-state index contributed by atoms with van der Waals surface area (Å²) < 4.78 is 18.4. The van der Waals surface area contributed by atoms with Gasteiger partial charge in [0.05, 0.1) is 39.1 Å². The van der Waals surface area contributed by atoms with Gasteiger partial charge in [-0.1, -0.05) is 38.1 Å². The number of rotatable bonds is 4. The van der Waals surface area contributed by atoms with Crippen LogP contribution < -0.4 is 15.5 Å². The van der Waals surface area contributed by atoms with E-state index in [4.69, 9.17) is 16.6 Å². The number of piperazine rings is 1. The Morgan fingerprint density at radius 2 is 1.96 bits per heavy atom. The minimum Gasteiger partial charge on any atom is -0.507 e. The van der Waals surface area contributed by atoms with E-state index in [2.05, 4.69) is 16.5 Å². The lowest BCUT2D eigenvalue weighted by Gasteiger charge is -2.48. The highest BCUT2D eigenvalue weighted by atomic mass is 35.5. The number of nitrogens with zero attached hydrogens (tertiary/aromatic N) is 7. The summed E-state index contributed by atoms with van der Waals surface area (Å²) in [5, 5.41) is 11.3. The molecule has 12 heteroatoms. The van der Waals surface area contributed by atoms with Crippen LogP contribution >= 0.6 is 11.6 Å². The first-order valence-corrected chi connectivity index (χ1v) is 15.3. The predicted octanol–water partition coefficient (Wildman–Crippen LogP) is 5.20. The smallest absolute Gasteiger partial charge is 0.355 e. The van der Waals surface area contributed by atoms with Crippen molar-refractivity contribution in [2.24, 2.45) is 0 Å². The summed E-state index contributed by atoms with van der Waals surface area (Å²) in [7, 11) is 1.77. The first-order valence-electron chi connectivity index (χ1n) is 14.9. The van der Waals surface area contributed by atoms with E-state index in [0.29, 0.717) is 48.6 Å². The van der Waals surface area contributed by atoms with Crippen molar-refractivity contribution in [3.63, 3.8) is 0 Å². The van der Waals surface area contributed by atoms with E-state index in [0.717, 1.165) is 5.56 Å². The van der Waals surface area contributed by atoms with E-state index in [1.807, 2.05) is 38.7 Å². The molecular formula is C33H35ClFN7O3. The predicted molar refractivity (Wildman–Crippen MR) is 174 cm³/mol. The highest BCUT2D eigenvalue weighted by molar-refractivity contribution is 6.33. The number of aryl methyl sites for hydroxylation is 1. The number of aromatic nitrogens is 4. The Bertz CT molecular complexity index is 1910. The lowest BCUT2D eigenvalue weighted by molar-refractivity contribution is -0.127. The van der Waals surface area contributed by atoms with Gasteiger partial charge in [-0.15, -0.1) is 0 Å². The van der Waals surface area contributed by atoms with Gasteiger partial charge in [-0.2, -0.15) is 4.98 Å². The second kappa shape index (κ2) is 11.4. The standard InChI is InChI=1S/C33H35ClFN7O3/c1-7-23(44)40-15-19(5)41-20(16-40)12-14-39(6)30-25-31(37-28(26(30)35)24-21(34)9-8-10-22(24)43)42(33(45)38-32(25)41)29-18(4)11-13-36-27(29)17(2)3/h7-11,13,17,19-20,43H,1,12,14-16H2,2-6H3. The monoisotopic (exact) mass is 631 g/mol. The van der Waals surface area contributed by atoms with Crippen molar-refractivity contribution in [2.75, 3.05) is 36.5 Å². The summed E-state index contributed by atoms with van der Waals surface area (Å²) in [6, 6.07) is 5.88. The summed E-state index contributed by atoms with van der Waals surface area (Å²) in [4.78, 5) is 46.6. The van der Waals surface area contributed by atoms with Gasteiger partial charge >= 0.3 is 5.69 Å². The highest BCUT2D eigenvalue weighted by Crippen LogP contribution is 2.45. The van der Waals surface area contributed by atoms with Crippen LogP contribution in [0.15, 0.2) is 47.9 Å². The molecule has 1 amide bonds. The number of anilines is 2. The van der Waals surface area contributed by atoms with E-state index < -0.39 is 11.5 Å². The average molecular weight is 632 g/mol. The molecule has 2 unspecified atom stereocenters. The number of carbonyl (C=O) groups is 1. The Morgan fingerprint density at radius 1 is 1.20 bits per heavy atom. The number of phenolic OH excluding ortho intramolecular Hbond substituents is 1. The van der Waals surface area contributed by atoms with Crippen LogP contribution in [0.1, 0.15) is 44.4 Å². The lowest BCUT2D eigenvalue weighted by atomic mass is 9.99. The molecule has 1 saturated heterocycles. The molecule has 234 valence electrons. The Balaban J connectivity index is 1.77. The molecule has 45 heavy (non-hydrogen) atoms. The fourth-order valence-corrected chi connectivity index (χ4v) is 6.96. The third-order valence-electron chi connectivity index (χ3n) is 8.77. The average Bonchev–Trinajstić information content (AvgIpc) is 2.99. The van der Waals surface area contributed by atoms with E-state index in [9.17, 15) is 14.7 Å². The van der Waals surface area contributed by atoms with Crippen molar-refractivity contribution in [1.29, 1.82) is 0 Å². The minimum absolute atomic E-state index is 0.0254. The Morgan fingerprint density at radius 3 is 2.64 bits per heavy atom. The van der Waals surface area contributed by atoms with Crippen LogP contribution in [0.2, 0.25) is 5.02 Å². The third-order valence-corrected chi connectivity index (χ3v) is 9.08. The van der Waals surface area contributed by atoms with Gasteiger partial charge in [0.15, 0.2) is 11.5 Å². The van der Waals surface area contributed by atoms with Crippen molar-refractivity contribution < 1.29 is 14.3 Å². The van der Waals surface area contributed by atoms with Gasteiger partial charge in [-0.25, -0.2) is 18.7 Å². The normalized spacial score (nSPS) is 18.2. The van der Waals surface area contributed by atoms with Crippen LogP contribution in [0.3, 0.4) is 0 Å². The fraction of sp³-hybridized carbons (Fsp3) is 0.364. The number of hydrogen-bond donors (Lipinski definition) is 1. The maximum absolute atomic E-state index is 17.0. The molecule has 0 spiro atoms. The van der Waals surface area contributed by atoms with Crippen LogP contribution in [0, 0.1) is 12.7 Å². The quantitative estimate of drug-likeness (QED) is 0.306. The van der Waals surface area contributed by atoms with Crippen LogP contribution in [-0.4, -0.2) is 74.2 Å². The van der Waals surface area contributed by atoms with Gasteiger partial charge in [-0.05, 0) is 56.0 Å². The van der Waals surface area contributed by atoms with E-state index in [1.165, 1.54) is 16.7 Å². The van der Waals surface area contributed by atoms with E-state index in [1.54, 1.807) is 35.2 Å². The zero-order valence-electron chi connectivity index (χ0n) is 25.9. The molecule has 0 saturated carbocycles. The van der Waals surface area contributed by atoms with Gasteiger partial charge in [0.1, 0.15) is 17.3 Å². The van der Waals surface area contributed by atoms with Crippen LogP contribution in [0.4, 0.5) is 15.9 Å². The molecule has 1 aromatic carbocycles. The maximum Gasteiger partial charge on any atom is 0.355 e. The zero-order valence-corrected chi connectivity index (χ0v) is 26.6. The van der Waals surface area contributed by atoms with Crippen molar-refractivity contribution in [3.8, 4) is 22.7 Å². The zero-order chi connectivity index (χ0) is 32.3. The molecule has 0 bridgehead atoms. The summed E-state index contributed by atoms with van der Waals surface area (Å²) in [5.41, 5.74) is 1.54. The van der Waals surface area contributed by atoms with Crippen LogP contribution in [-0.2, 0) is 4.79 Å². The molecule has 2 atom stereocenters. The molecule has 0 radical (unpaired) electrons. The largest absolute Gasteiger partial charge is 0.507 e. The van der Waals surface area contributed by atoms with Gasteiger partial charge in [-0.3, -0.25) is 9.78 Å². The van der Waals surface area contributed by atoms with Crippen LogP contribution in [0.25, 0.3) is 28.0 Å². The lowest BCUT2D eigenvalue weighted by Crippen LogP contribution is -2.60. The number of fused-ring (bicyclic) bond motifs is 2. The minimum atomic E-state index is -0.694. The number of benzene rings is 1. The van der Waals surface area contributed by atoms with Gasteiger partial charge in [0.25, 0.3) is 0 Å². The number of halogens is 2. The number of phenols is 1. The number of carbonyl (C=O) groups excluding carboxylic acids is 1. The Kier molecular flexibility index (Phi) is 7.76. The highest BCUT2D eigenvalue weighted by Gasteiger charge is 2.40. The summed E-state index contributed by atoms with van der Waals surface area (Å²) >= 11 is 6.55. The fourth-order valence-electron chi connectivity index (χ4n) is 6.70. The molecule has 2 aliphatic rings. The summed E-state index contributed by atoms with van der Waals surface area (Å²) in [6.45, 7) is 12.6. The molecule has 5 heterocycles. The first kappa shape index (κ1) is 30.5. The number of aromatic hydroxyl groups is 1.